The zero-order chi connectivity index (χ0) is 14.8. The molecular formula is C16H14BrFN2O. The summed E-state index contributed by atoms with van der Waals surface area (Å²) in [5.41, 5.74) is 1.06. The number of carbonyl (C=O) groups is 1. The van der Waals surface area contributed by atoms with Gasteiger partial charge in [0.05, 0.1) is 10.0 Å². The molecule has 1 aromatic heterocycles. The summed E-state index contributed by atoms with van der Waals surface area (Å²) in [6, 6.07) is 8.76. The van der Waals surface area contributed by atoms with Crippen LogP contribution < -0.4 is 0 Å². The molecule has 0 radical (unpaired) electrons. The lowest BCUT2D eigenvalue weighted by molar-refractivity contribution is 0.0725. The molecule has 0 aliphatic heterocycles. The molecule has 1 aliphatic rings. The molecule has 3 rings (SSSR count). The van der Waals surface area contributed by atoms with Gasteiger partial charge in [0, 0.05) is 25.0 Å². The number of rotatable bonds is 4. The van der Waals surface area contributed by atoms with Crippen LogP contribution in [-0.4, -0.2) is 21.8 Å². The zero-order valence-electron chi connectivity index (χ0n) is 11.3. The topological polar surface area (TPSA) is 33.2 Å². The molecule has 21 heavy (non-hydrogen) atoms. The van der Waals surface area contributed by atoms with Gasteiger partial charge < -0.3 is 4.90 Å². The highest BCUT2D eigenvalue weighted by Crippen LogP contribution is 2.31. The lowest BCUT2D eigenvalue weighted by atomic mass is 10.1. The van der Waals surface area contributed by atoms with E-state index in [-0.39, 0.29) is 17.5 Å². The second kappa shape index (κ2) is 5.93. The summed E-state index contributed by atoms with van der Waals surface area (Å²) in [5.74, 6) is -0.764. The van der Waals surface area contributed by atoms with Crippen molar-refractivity contribution in [1.29, 1.82) is 0 Å². The second-order valence-electron chi connectivity index (χ2n) is 5.13. The van der Waals surface area contributed by atoms with Gasteiger partial charge in [-0.3, -0.25) is 9.78 Å². The van der Waals surface area contributed by atoms with Crippen molar-refractivity contribution in [2.24, 2.45) is 0 Å². The van der Waals surface area contributed by atoms with E-state index in [0.29, 0.717) is 11.0 Å². The van der Waals surface area contributed by atoms with Crippen LogP contribution in [0, 0.1) is 5.82 Å². The van der Waals surface area contributed by atoms with E-state index in [4.69, 9.17) is 0 Å². The maximum atomic E-state index is 14.1. The van der Waals surface area contributed by atoms with Gasteiger partial charge in [-0.1, -0.05) is 12.1 Å². The minimum atomic E-state index is -0.501. The average molecular weight is 349 g/mol. The molecule has 0 spiro atoms. The van der Waals surface area contributed by atoms with Crippen LogP contribution in [-0.2, 0) is 6.54 Å². The number of pyridine rings is 1. The van der Waals surface area contributed by atoms with Crippen molar-refractivity contribution in [3.05, 3.63) is 64.1 Å². The number of hydrogen-bond acceptors (Lipinski definition) is 2. The monoisotopic (exact) mass is 348 g/mol. The Hall–Kier alpha value is -1.75. The van der Waals surface area contributed by atoms with Gasteiger partial charge in [0.2, 0.25) is 0 Å². The molecule has 0 bridgehead atoms. The summed E-state index contributed by atoms with van der Waals surface area (Å²) in [7, 11) is 0. The van der Waals surface area contributed by atoms with E-state index in [9.17, 15) is 9.18 Å². The molecule has 5 heteroatoms. The van der Waals surface area contributed by atoms with Crippen molar-refractivity contribution in [2.75, 3.05) is 0 Å². The number of benzene rings is 1. The third kappa shape index (κ3) is 3.13. The summed E-state index contributed by atoms with van der Waals surface area (Å²) in [6.07, 6.45) is 5.38. The van der Waals surface area contributed by atoms with Crippen molar-refractivity contribution in [3.63, 3.8) is 0 Å². The van der Waals surface area contributed by atoms with Crippen LogP contribution in [0.3, 0.4) is 0 Å². The standard InChI is InChI=1S/C16H14BrFN2O/c17-14-5-1-4-13(15(14)18)16(21)20(12-6-7-12)10-11-3-2-8-19-9-11/h1-5,8-9,12H,6-7,10H2. The number of aromatic nitrogens is 1. The van der Waals surface area contributed by atoms with Crippen LogP contribution in [0.1, 0.15) is 28.8 Å². The Morgan fingerprint density at radius 2 is 2.14 bits per heavy atom. The van der Waals surface area contributed by atoms with Gasteiger partial charge in [0.15, 0.2) is 0 Å². The van der Waals surface area contributed by atoms with Crippen molar-refractivity contribution in [3.8, 4) is 0 Å². The minimum absolute atomic E-state index is 0.111. The fourth-order valence-corrected chi connectivity index (χ4v) is 2.63. The first-order valence-corrected chi connectivity index (χ1v) is 7.60. The van der Waals surface area contributed by atoms with Crippen molar-refractivity contribution in [2.45, 2.75) is 25.4 Å². The van der Waals surface area contributed by atoms with E-state index in [1.807, 2.05) is 12.1 Å². The predicted octanol–water partition coefficient (Wildman–Crippen LogP) is 3.79. The van der Waals surface area contributed by atoms with Crippen LogP contribution >= 0.6 is 15.9 Å². The predicted molar refractivity (Wildman–Crippen MR) is 81.2 cm³/mol. The molecule has 0 atom stereocenters. The van der Waals surface area contributed by atoms with Gasteiger partial charge in [0.25, 0.3) is 5.91 Å². The summed E-state index contributed by atoms with van der Waals surface area (Å²) in [5, 5.41) is 0. The Bertz CT molecular complexity index is 659. The van der Waals surface area contributed by atoms with Crippen LogP contribution in [0.4, 0.5) is 4.39 Å². The molecule has 0 saturated heterocycles. The van der Waals surface area contributed by atoms with Crippen LogP contribution in [0.5, 0.6) is 0 Å². The normalized spacial score (nSPS) is 14.0. The van der Waals surface area contributed by atoms with Gasteiger partial charge in [-0.05, 0) is 52.5 Å². The van der Waals surface area contributed by atoms with Crippen molar-refractivity contribution >= 4 is 21.8 Å². The second-order valence-corrected chi connectivity index (χ2v) is 5.98. The third-order valence-corrected chi connectivity index (χ3v) is 4.12. The summed E-state index contributed by atoms with van der Waals surface area (Å²) >= 11 is 3.13. The van der Waals surface area contributed by atoms with E-state index in [1.165, 1.54) is 6.07 Å². The molecule has 1 amide bonds. The van der Waals surface area contributed by atoms with E-state index >= 15 is 0 Å². The first-order valence-electron chi connectivity index (χ1n) is 6.80. The Kier molecular flexibility index (Phi) is 4.01. The number of hydrogen-bond donors (Lipinski definition) is 0. The zero-order valence-corrected chi connectivity index (χ0v) is 12.9. The third-order valence-electron chi connectivity index (χ3n) is 3.51. The average Bonchev–Trinajstić information content (AvgIpc) is 3.33. The first kappa shape index (κ1) is 14.2. The Labute approximate surface area is 130 Å². The van der Waals surface area contributed by atoms with Gasteiger partial charge >= 0.3 is 0 Å². The van der Waals surface area contributed by atoms with Crippen molar-refractivity contribution in [1.82, 2.24) is 9.88 Å². The van der Waals surface area contributed by atoms with Crippen LogP contribution in [0.2, 0.25) is 0 Å². The van der Waals surface area contributed by atoms with Crippen LogP contribution in [0.15, 0.2) is 47.2 Å². The van der Waals surface area contributed by atoms with Gasteiger partial charge in [0.1, 0.15) is 5.82 Å². The van der Waals surface area contributed by atoms with E-state index in [0.717, 1.165) is 18.4 Å². The maximum absolute atomic E-state index is 14.1. The molecule has 0 unspecified atom stereocenters. The minimum Gasteiger partial charge on any atom is -0.331 e. The first-order chi connectivity index (χ1) is 10.2. The number of amides is 1. The lowest BCUT2D eigenvalue weighted by Gasteiger charge is -2.23. The quantitative estimate of drug-likeness (QED) is 0.842. The van der Waals surface area contributed by atoms with E-state index < -0.39 is 5.82 Å². The molecule has 1 heterocycles. The molecule has 1 fully saturated rings. The Balaban J connectivity index is 1.87. The number of halogens is 2. The summed E-state index contributed by atoms with van der Waals surface area (Å²) in [6.45, 7) is 0.462. The molecule has 0 N–H and O–H groups in total. The van der Waals surface area contributed by atoms with Crippen molar-refractivity contribution < 1.29 is 9.18 Å². The maximum Gasteiger partial charge on any atom is 0.257 e. The highest BCUT2D eigenvalue weighted by Gasteiger charge is 2.34. The summed E-state index contributed by atoms with van der Waals surface area (Å²) in [4.78, 5) is 18.4. The van der Waals surface area contributed by atoms with Crippen LogP contribution in [0.25, 0.3) is 0 Å². The van der Waals surface area contributed by atoms with E-state index in [1.54, 1.807) is 29.4 Å². The molecule has 1 saturated carbocycles. The highest BCUT2D eigenvalue weighted by molar-refractivity contribution is 9.10. The van der Waals surface area contributed by atoms with Gasteiger partial charge in [-0.25, -0.2) is 4.39 Å². The molecule has 3 nitrogen and oxygen atoms in total. The molecule has 1 aromatic carbocycles. The molecule has 108 valence electrons. The molecular weight excluding hydrogens is 335 g/mol. The van der Waals surface area contributed by atoms with E-state index in [2.05, 4.69) is 20.9 Å². The number of nitrogens with zero attached hydrogens (tertiary/aromatic N) is 2. The number of carbonyl (C=O) groups excluding carboxylic acids is 1. The lowest BCUT2D eigenvalue weighted by Crippen LogP contribution is -2.33. The van der Waals surface area contributed by atoms with Gasteiger partial charge in [-0.2, -0.15) is 0 Å². The Morgan fingerprint density at radius 1 is 1.33 bits per heavy atom. The Morgan fingerprint density at radius 3 is 2.81 bits per heavy atom. The fourth-order valence-electron chi connectivity index (χ4n) is 2.26. The fraction of sp³-hybridized carbons (Fsp3) is 0.250. The summed E-state index contributed by atoms with van der Waals surface area (Å²) < 4.78 is 14.4. The highest BCUT2D eigenvalue weighted by atomic mass is 79.9. The largest absolute Gasteiger partial charge is 0.331 e. The molecule has 2 aromatic rings. The SMILES string of the molecule is O=C(c1cccc(Br)c1F)N(Cc1cccnc1)C1CC1. The smallest absolute Gasteiger partial charge is 0.257 e. The molecule has 1 aliphatic carbocycles. The van der Waals surface area contributed by atoms with Gasteiger partial charge in [-0.15, -0.1) is 0 Å².